The zero-order chi connectivity index (χ0) is 10.6. The predicted molar refractivity (Wildman–Crippen MR) is 38.1 cm³/mol. The minimum absolute atomic E-state index is 0.185. The molecule has 0 heterocycles. The van der Waals surface area contributed by atoms with Crippen molar-refractivity contribution in [3.8, 4) is 0 Å². The molecule has 13 heavy (non-hydrogen) atoms. The van der Waals surface area contributed by atoms with Crippen LogP contribution in [0.25, 0.3) is 0 Å². The summed E-state index contributed by atoms with van der Waals surface area (Å²) in [5.41, 5.74) is 0. The number of halogens is 3. The average molecular weight is 200 g/mol. The molecule has 0 saturated carbocycles. The van der Waals surface area contributed by atoms with Crippen molar-refractivity contribution < 1.29 is 28.2 Å². The first-order chi connectivity index (χ1) is 5.75. The first-order valence-electron chi connectivity index (χ1n) is 3.72. The molecule has 0 aliphatic carbocycles. The van der Waals surface area contributed by atoms with Gasteiger partial charge in [-0.25, -0.2) is 0 Å². The number of hydrogen-bond donors (Lipinski definition) is 2. The van der Waals surface area contributed by atoms with Crippen molar-refractivity contribution in [3.05, 3.63) is 0 Å². The fraction of sp³-hybridized carbons (Fsp3) is 0.857. The quantitative estimate of drug-likeness (QED) is 0.721. The maximum absolute atomic E-state index is 11.7. The van der Waals surface area contributed by atoms with Gasteiger partial charge in [0.25, 0.3) is 0 Å². The number of carboxylic acids is 1. The number of rotatable bonds is 4. The summed E-state index contributed by atoms with van der Waals surface area (Å²) in [6.45, 7) is 1.30. The van der Waals surface area contributed by atoms with Crippen molar-refractivity contribution >= 4 is 5.97 Å². The molecular weight excluding hydrogens is 189 g/mol. The molecule has 0 rings (SSSR count). The Morgan fingerprint density at radius 1 is 1.38 bits per heavy atom. The summed E-state index contributed by atoms with van der Waals surface area (Å²) >= 11 is 0. The number of hydrogen-bond acceptors (Lipinski definition) is 2. The first kappa shape index (κ1) is 12.2. The second-order valence-electron chi connectivity index (χ2n) is 2.87. The highest BCUT2D eigenvalue weighted by Crippen LogP contribution is 2.24. The fourth-order valence-corrected chi connectivity index (χ4v) is 0.695. The van der Waals surface area contributed by atoms with Gasteiger partial charge in [0, 0.05) is 0 Å². The van der Waals surface area contributed by atoms with Crippen LogP contribution in [0.5, 0.6) is 0 Å². The Bertz CT molecular complexity index is 178. The van der Waals surface area contributed by atoms with E-state index in [2.05, 4.69) is 0 Å². The van der Waals surface area contributed by atoms with E-state index in [1.807, 2.05) is 0 Å². The molecule has 0 aromatic carbocycles. The molecule has 0 aliphatic rings. The molecule has 6 heteroatoms. The number of carboxylic acid groups (broad SMARTS) is 1. The average Bonchev–Trinajstić information content (AvgIpc) is 1.97. The lowest BCUT2D eigenvalue weighted by Gasteiger charge is -2.15. The van der Waals surface area contributed by atoms with Gasteiger partial charge in [0.05, 0.1) is 5.92 Å². The molecule has 0 radical (unpaired) electrons. The van der Waals surface area contributed by atoms with E-state index in [-0.39, 0.29) is 6.42 Å². The van der Waals surface area contributed by atoms with Crippen LogP contribution in [0.4, 0.5) is 13.2 Å². The Kier molecular flexibility index (Phi) is 4.19. The molecular formula is C7H11F3O3. The van der Waals surface area contributed by atoms with E-state index in [1.165, 1.54) is 6.92 Å². The van der Waals surface area contributed by atoms with Gasteiger partial charge in [0.15, 0.2) is 0 Å². The Hall–Kier alpha value is -0.780. The zero-order valence-corrected chi connectivity index (χ0v) is 7.01. The Morgan fingerprint density at radius 3 is 2.15 bits per heavy atom. The van der Waals surface area contributed by atoms with Crippen LogP contribution in [0.15, 0.2) is 0 Å². The highest BCUT2D eigenvalue weighted by atomic mass is 19.4. The fourth-order valence-electron chi connectivity index (χ4n) is 0.695. The number of alkyl halides is 3. The molecule has 2 unspecified atom stereocenters. The molecule has 0 aliphatic heterocycles. The van der Waals surface area contributed by atoms with Gasteiger partial charge in [-0.2, -0.15) is 13.2 Å². The summed E-state index contributed by atoms with van der Waals surface area (Å²) in [4.78, 5) is 10.2. The maximum Gasteiger partial charge on any atom is 0.414 e. The second kappa shape index (κ2) is 4.45. The predicted octanol–water partition coefficient (Wildman–Crippen LogP) is 1.41. The highest BCUT2D eigenvalue weighted by Gasteiger charge is 2.38. The van der Waals surface area contributed by atoms with Gasteiger partial charge in [-0.05, 0) is 12.8 Å². The summed E-state index contributed by atoms with van der Waals surface area (Å²) in [6, 6.07) is 0. The summed E-state index contributed by atoms with van der Waals surface area (Å²) in [6.07, 6.45) is -7.83. The minimum Gasteiger partial charge on any atom is -0.481 e. The number of aliphatic carboxylic acids is 1. The van der Waals surface area contributed by atoms with Gasteiger partial charge in [0.1, 0.15) is 6.10 Å². The summed E-state index contributed by atoms with van der Waals surface area (Å²) < 4.78 is 35.1. The number of carbonyl (C=O) groups is 1. The Morgan fingerprint density at radius 2 is 1.85 bits per heavy atom. The van der Waals surface area contributed by atoms with Crippen molar-refractivity contribution in [2.45, 2.75) is 32.0 Å². The third kappa shape index (κ3) is 4.72. The van der Waals surface area contributed by atoms with E-state index in [4.69, 9.17) is 10.2 Å². The van der Waals surface area contributed by atoms with Gasteiger partial charge in [-0.3, -0.25) is 4.79 Å². The summed E-state index contributed by atoms with van der Waals surface area (Å²) in [5, 5.41) is 16.8. The van der Waals surface area contributed by atoms with E-state index in [0.717, 1.165) is 0 Å². The standard InChI is InChI=1S/C7H11F3O3/c1-4(6(12)13)2-3-5(11)7(8,9)10/h4-5,11H,2-3H2,1H3,(H,12,13). The van der Waals surface area contributed by atoms with E-state index in [0.29, 0.717) is 0 Å². The Balaban J connectivity index is 3.83. The normalized spacial score (nSPS) is 16.7. The lowest BCUT2D eigenvalue weighted by molar-refractivity contribution is -0.206. The minimum atomic E-state index is -4.65. The van der Waals surface area contributed by atoms with Gasteiger partial charge < -0.3 is 10.2 Å². The third-order valence-electron chi connectivity index (χ3n) is 1.67. The van der Waals surface area contributed by atoms with E-state index in [1.54, 1.807) is 0 Å². The van der Waals surface area contributed by atoms with Crippen LogP contribution in [0, 0.1) is 5.92 Å². The van der Waals surface area contributed by atoms with Crippen LogP contribution in [0.2, 0.25) is 0 Å². The molecule has 78 valence electrons. The largest absolute Gasteiger partial charge is 0.481 e. The number of aliphatic hydroxyl groups excluding tert-OH is 1. The summed E-state index contributed by atoms with van der Waals surface area (Å²) in [5.74, 6) is -2.02. The third-order valence-corrected chi connectivity index (χ3v) is 1.67. The van der Waals surface area contributed by atoms with Crippen LogP contribution in [-0.2, 0) is 4.79 Å². The lowest BCUT2D eigenvalue weighted by atomic mass is 10.0. The van der Waals surface area contributed by atoms with Crippen LogP contribution in [-0.4, -0.2) is 28.5 Å². The Labute approximate surface area is 73.2 Å². The van der Waals surface area contributed by atoms with Crippen LogP contribution >= 0.6 is 0 Å². The van der Waals surface area contributed by atoms with Crippen molar-refractivity contribution in [2.24, 2.45) is 5.92 Å². The molecule has 0 saturated heterocycles. The maximum atomic E-state index is 11.7. The van der Waals surface area contributed by atoms with Crippen LogP contribution < -0.4 is 0 Å². The molecule has 2 atom stereocenters. The van der Waals surface area contributed by atoms with Crippen molar-refractivity contribution in [2.75, 3.05) is 0 Å². The van der Waals surface area contributed by atoms with Gasteiger partial charge in [-0.15, -0.1) is 0 Å². The first-order valence-corrected chi connectivity index (χ1v) is 3.72. The zero-order valence-electron chi connectivity index (χ0n) is 7.01. The van der Waals surface area contributed by atoms with Crippen LogP contribution in [0.1, 0.15) is 19.8 Å². The lowest BCUT2D eigenvalue weighted by Crippen LogP contribution is -2.29. The highest BCUT2D eigenvalue weighted by molar-refractivity contribution is 5.69. The van der Waals surface area contributed by atoms with Gasteiger partial charge >= 0.3 is 12.1 Å². The summed E-state index contributed by atoms with van der Waals surface area (Å²) in [7, 11) is 0. The topological polar surface area (TPSA) is 57.5 Å². The molecule has 3 nitrogen and oxygen atoms in total. The molecule has 2 N–H and O–H groups in total. The molecule has 0 bridgehead atoms. The molecule has 0 aromatic rings. The SMILES string of the molecule is CC(CCC(O)C(F)(F)F)C(=O)O. The monoisotopic (exact) mass is 200 g/mol. The molecule has 0 fully saturated rings. The molecule has 0 spiro atoms. The van der Waals surface area contributed by atoms with E-state index < -0.39 is 30.6 Å². The van der Waals surface area contributed by atoms with E-state index in [9.17, 15) is 18.0 Å². The van der Waals surface area contributed by atoms with Crippen molar-refractivity contribution in [1.82, 2.24) is 0 Å². The number of aliphatic hydroxyl groups is 1. The van der Waals surface area contributed by atoms with E-state index >= 15 is 0 Å². The van der Waals surface area contributed by atoms with Crippen molar-refractivity contribution in [1.29, 1.82) is 0 Å². The molecule has 0 aromatic heterocycles. The van der Waals surface area contributed by atoms with Gasteiger partial charge in [-0.1, -0.05) is 6.92 Å². The second-order valence-corrected chi connectivity index (χ2v) is 2.87. The van der Waals surface area contributed by atoms with Crippen molar-refractivity contribution in [3.63, 3.8) is 0 Å². The molecule has 0 amide bonds. The smallest absolute Gasteiger partial charge is 0.414 e. The van der Waals surface area contributed by atoms with Crippen LogP contribution in [0.3, 0.4) is 0 Å². The van der Waals surface area contributed by atoms with Gasteiger partial charge in [0.2, 0.25) is 0 Å².